The highest BCUT2D eigenvalue weighted by Crippen LogP contribution is 2.06. The fourth-order valence-corrected chi connectivity index (χ4v) is 2.39. The van der Waals surface area contributed by atoms with Gasteiger partial charge in [0, 0.05) is 18.3 Å². The maximum atomic E-state index is 11.9. The molecule has 0 saturated heterocycles. The lowest BCUT2D eigenvalue weighted by Crippen LogP contribution is -2.35. The van der Waals surface area contributed by atoms with E-state index in [2.05, 4.69) is 19.2 Å². The first-order chi connectivity index (χ1) is 9.63. The molecular weight excluding hydrogens is 270 g/mol. The second-order valence-electron chi connectivity index (χ2n) is 4.96. The van der Waals surface area contributed by atoms with Gasteiger partial charge in [-0.2, -0.15) is 11.8 Å². The van der Waals surface area contributed by atoms with Crippen LogP contribution in [0.25, 0.3) is 0 Å². The van der Waals surface area contributed by atoms with Gasteiger partial charge in [0.05, 0.1) is 5.92 Å². The summed E-state index contributed by atoms with van der Waals surface area (Å²) in [6.07, 6.45) is 0. The molecule has 0 aromatic heterocycles. The van der Waals surface area contributed by atoms with Crippen molar-refractivity contribution in [2.75, 3.05) is 18.1 Å². The molecule has 3 nitrogen and oxygen atoms in total. The van der Waals surface area contributed by atoms with E-state index in [1.165, 1.54) is 0 Å². The van der Waals surface area contributed by atoms with Gasteiger partial charge in [-0.05, 0) is 18.2 Å². The zero-order valence-electron chi connectivity index (χ0n) is 12.6. The molecule has 20 heavy (non-hydrogen) atoms. The van der Waals surface area contributed by atoms with Crippen LogP contribution in [0.2, 0.25) is 0 Å². The van der Waals surface area contributed by atoms with Crippen molar-refractivity contribution in [2.45, 2.75) is 33.4 Å². The molecule has 1 N–H and O–H groups in total. The molecular formula is C16H25NO2S. The summed E-state index contributed by atoms with van der Waals surface area (Å²) in [4.78, 5) is 11.9. The van der Waals surface area contributed by atoms with Crippen LogP contribution < -0.4 is 5.32 Å². The van der Waals surface area contributed by atoms with Crippen LogP contribution in [0.15, 0.2) is 30.3 Å². The normalized spacial score (nSPS) is 13.8. The fraction of sp³-hybridized carbons (Fsp3) is 0.562. The molecule has 0 aliphatic heterocycles. The molecule has 2 atom stereocenters. The van der Waals surface area contributed by atoms with Crippen LogP contribution in [0.3, 0.4) is 0 Å². The second-order valence-corrected chi connectivity index (χ2v) is 6.28. The number of benzene rings is 1. The Kier molecular flexibility index (Phi) is 8.38. The van der Waals surface area contributed by atoms with Gasteiger partial charge in [-0.1, -0.05) is 44.2 Å². The third-order valence-electron chi connectivity index (χ3n) is 2.97. The molecule has 0 aliphatic carbocycles. The average molecular weight is 295 g/mol. The highest BCUT2D eigenvalue weighted by atomic mass is 32.2. The van der Waals surface area contributed by atoms with Crippen LogP contribution in [0.5, 0.6) is 0 Å². The molecule has 0 radical (unpaired) electrons. The van der Waals surface area contributed by atoms with Gasteiger partial charge in [0.15, 0.2) is 0 Å². The minimum Gasteiger partial charge on any atom is -0.461 e. The Labute approximate surface area is 126 Å². The number of nitrogens with one attached hydrogen (secondary N) is 1. The van der Waals surface area contributed by atoms with Crippen LogP contribution in [0.4, 0.5) is 0 Å². The molecule has 1 aromatic rings. The van der Waals surface area contributed by atoms with E-state index in [4.69, 9.17) is 4.74 Å². The van der Waals surface area contributed by atoms with Gasteiger partial charge in [-0.15, -0.1) is 0 Å². The van der Waals surface area contributed by atoms with E-state index in [0.29, 0.717) is 19.2 Å². The maximum Gasteiger partial charge on any atom is 0.310 e. The summed E-state index contributed by atoms with van der Waals surface area (Å²) in [5.41, 5.74) is 1.02. The molecule has 0 bridgehead atoms. The number of hydrogen-bond donors (Lipinski definition) is 1. The Morgan fingerprint density at radius 1 is 1.30 bits per heavy atom. The van der Waals surface area contributed by atoms with E-state index in [1.807, 2.05) is 49.0 Å². The first-order valence-corrected chi connectivity index (χ1v) is 8.30. The number of carbonyl (C=O) groups is 1. The number of carbonyl (C=O) groups excluding carboxylic acids is 1. The van der Waals surface area contributed by atoms with E-state index < -0.39 is 0 Å². The highest BCUT2D eigenvalue weighted by Gasteiger charge is 2.15. The number of hydrogen-bond acceptors (Lipinski definition) is 4. The molecule has 0 heterocycles. The molecule has 1 aromatic carbocycles. The number of rotatable bonds is 9. The monoisotopic (exact) mass is 295 g/mol. The Bertz CT molecular complexity index is 383. The lowest BCUT2D eigenvalue weighted by molar-refractivity contribution is -0.149. The summed E-state index contributed by atoms with van der Waals surface area (Å²) >= 11 is 1.91. The molecule has 1 rings (SSSR count). The zero-order valence-corrected chi connectivity index (χ0v) is 13.4. The molecule has 0 saturated carbocycles. The van der Waals surface area contributed by atoms with Gasteiger partial charge in [-0.3, -0.25) is 4.79 Å². The predicted molar refractivity (Wildman–Crippen MR) is 85.9 cm³/mol. The maximum absolute atomic E-state index is 11.9. The molecule has 112 valence electrons. The summed E-state index contributed by atoms with van der Waals surface area (Å²) in [6, 6.07) is 10.2. The van der Waals surface area contributed by atoms with E-state index in [9.17, 15) is 4.79 Å². The molecule has 4 heteroatoms. The molecule has 0 fully saturated rings. The SMILES string of the molecule is CCSCC(C)NCC(C)C(=O)OCc1ccccc1. The van der Waals surface area contributed by atoms with Crippen LogP contribution >= 0.6 is 11.8 Å². The Hall–Kier alpha value is -1.00. The Balaban J connectivity index is 2.22. The van der Waals surface area contributed by atoms with Crippen LogP contribution in [0.1, 0.15) is 26.3 Å². The van der Waals surface area contributed by atoms with Crippen molar-refractivity contribution >= 4 is 17.7 Å². The number of thioether (sulfide) groups is 1. The van der Waals surface area contributed by atoms with Gasteiger partial charge >= 0.3 is 5.97 Å². The van der Waals surface area contributed by atoms with E-state index >= 15 is 0 Å². The van der Waals surface area contributed by atoms with Crippen molar-refractivity contribution < 1.29 is 9.53 Å². The molecule has 0 amide bonds. The minimum atomic E-state index is -0.142. The second kappa shape index (κ2) is 9.83. The van der Waals surface area contributed by atoms with Gasteiger partial charge in [0.25, 0.3) is 0 Å². The average Bonchev–Trinajstić information content (AvgIpc) is 2.49. The summed E-state index contributed by atoms with van der Waals surface area (Å²) in [5, 5.41) is 3.37. The standard InChI is InChI=1S/C16H25NO2S/c1-4-20-12-14(3)17-10-13(2)16(18)19-11-15-8-6-5-7-9-15/h5-9,13-14,17H,4,10-12H2,1-3H3. The fourth-order valence-electron chi connectivity index (χ4n) is 1.69. The molecule has 0 aliphatic rings. The predicted octanol–water partition coefficient (Wildman–Crippen LogP) is 3.10. The van der Waals surface area contributed by atoms with Crippen LogP contribution in [0, 0.1) is 5.92 Å². The molecule has 0 spiro atoms. The van der Waals surface area contributed by atoms with Crippen LogP contribution in [-0.2, 0) is 16.1 Å². The highest BCUT2D eigenvalue weighted by molar-refractivity contribution is 7.99. The van der Waals surface area contributed by atoms with Crippen molar-refractivity contribution in [3.63, 3.8) is 0 Å². The number of esters is 1. The smallest absolute Gasteiger partial charge is 0.310 e. The summed E-state index contributed by atoms with van der Waals surface area (Å²) in [6.45, 7) is 7.22. The van der Waals surface area contributed by atoms with Gasteiger partial charge in [0.1, 0.15) is 6.61 Å². The van der Waals surface area contributed by atoms with Crippen molar-refractivity contribution in [2.24, 2.45) is 5.92 Å². The summed E-state index contributed by atoms with van der Waals surface area (Å²) in [7, 11) is 0. The van der Waals surface area contributed by atoms with Gasteiger partial charge < -0.3 is 10.1 Å². The Morgan fingerprint density at radius 2 is 2.00 bits per heavy atom. The lowest BCUT2D eigenvalue weighted by atomic mass is 10.1. The zero-order chi connectivity index (χ0) is 14.8. The quantitative estimate of drug-likeness (QED) is 0.711. The van der Waals surface area contributed by atoms with E-state index in [-0.39, 0.29) is 11.9 Å². The largest absolute Gasteiger partial charge is 0.461 e. The first-order valence-electron chi connectivity index (χ1n) is 7.15. The third-order valence-corrected chi connectivity index (χ3v) is 4.11. The first kappa shape index (κ1) is 17.1. The van der Waals surface area contributed by atoms with Crippen molar-refractivity contribution in [3.05, 3.63) is 35.9 Å². The summed E-state index contributed by atoms with van der Waals surface area (Å²) < 4.78 is 5.32. The van der Waals surface area contributed by atoms with E-state index in [0.717, 1.165) is 17.1 Å². The minimum absolute atomic E-state index is 0.118. The lowest BCUT2D eigenvalue weighted by Gasteiger charge is -2.16. The Morgan fingerprint density at radius 3 is 2.65 bits per heavy atom. The van der Waals surface area contributed by atoms with Crippen LogP contribution in [-0.4, -0.2) is 30.1 Å². The van der Waals surface area contributed by atoms with Gasteiger partial charge in [0.2, 0.25) is 0 Å². The third kappa shape index (κ3) is 6.96. The van der Waals surface area contributed by atoms with Crippen molar-refractivity contribution in [1.29, 1.82) is 0 Å². The van der Waals surface area contributed by atoms with E-state index in [1.54, 1.807) is 0 Å². The topological polar surface area (TPSA) is 38.3 Å². The van der Waals surface area contributed by atoms with Gasteiger partial charge in [-0.25, -0.2) is 0 Å². The van der Waals surface area contributed by atoms with Crippen molar-refractivity contribution in [1.82, 2.24) is 5.32 Å². The molecule has 2 unspecified atom stereocenters. The van der Waals surface area contributed by atoms with Crippen molar-refractivity contribution in [3.8, 4) is 0 Å². The summed E-state index contributed by atoms with van der Waals surface area (Å²) in [5.74, 6) is 1.94. The number of ether oxygens (including phenoxy) is 1.